The van der Waals surface area contributed by atoms with Crippen molar-refractivity contribution < 1.29 is 48.5 Å². The molecule has 0 bridgehead atoms. The summed E-state index contributed by atoms with van der Waals surface area (Å²) >= 11 is 2.37. The van der Waals surface area contributed by atoms with Crippen LogP contribution in [0.3, 0.4) is 0 Å². The number of nitrogens with one attached hydrogen (secondary N) is 2. The zero-order chi connectivity index (χ0) is 34.5. The number of aromatic carboxylic acids is 2. The van der Waals surface area contributed by atoms with E-state index in [-0.39, 0.29) is 35.6 Å². The number of carboxylic acid groups (broad SMARTS) is 2. The van der Waals surface area contributed by atoms with Crippen LogP contribution in [0.1, 0.15) is 79.6 Å². The van der Waals surface area contributed by atoms with E-state index in [0.717, 1.165) is 40.4 Å². The Hall–Kier alpha value is -4.89. The Morgan fingerprint density at radius 1 is 0.979 bits per heavy atom. The number of benzene rings is 2. The first-order valence-electron chi connectivity index (χ1n) is 14.4. The van der Waals surface area contributed by atoms with E-state index in [9.17, 15) is 33.9 Å². The summed E-state index contributed by atoms with van der Waals surface area (Å²) in [6, 6.07) is 9.73. The number of ether oxygens (including phenoxy) is 2. The number of fused-ring (bicyclic) bond motifs is 1. The van der Waals surface area contributed by atoms with E-state index in [1.54, 1.807) is 56.9 Å². The minimum absolute atomic E-state index is 0.0495. The van der Waals surface area contributed by atoms with Crippen molar-refractivity contribution in [3.8, 4) is 0 Å². The Kier molecular flexibility index (Phi) is 10.9. The molecular weight excluding hydrogens is 650 g/mol. The number of nitrogens with zero attached hydrogens (tertiary/aromatic N) is 1. The van der Waals surface area contributed by atoms with Gasteiger partial charge in [0.25, 0.3) is 5.91 Å². The van der Waals surface area contributed by atoms with Gasteiger partial charge in [0.1, 0.15) is 10.6 Å². The Morgan fingerprint density at radius 3 is 2.38 bits per heavy atom. The normalized spacial score (nSPS) is 12.5. The minimum atomic E-state index is -1.45. The van der Waals surface area contributed by atoms with Gasteiger partial charge in [0.05, 0.1) is 41.2 Å². The second-order valence-corrected chi connectivity index (χ2v) is 13.4. The standard InChI is InChI=1S/C32H33N3O10S2/c1-5-44-30(42)25-21-11-12-35(31(43)45-32(2,3)4)15-23(21)47-27(25)34-24(36)16-46-19-8-6-7-18(14-19)33-26(37)20-10-9-17(28(38)39)13-22(20)29(40)41/h6-10,13-14H,5,11-12,15-16H2,1-4H3,(H,33,37)(H,34,36)(H,38,39)(H,40,41). The predicted octanol–water partition coefficient (Wildman–Crippen LogP) is 5.60. The van der Waals surface area contributed by atoms with Gasteiger partial charge >= 0.3 is 24.0 Å². The van der Waals surface area contributed by atoms with Gasteiger partial charge < -0.3 is 35.2 Å². The van der Waals surface area contributed by atoms with Crippen molar-refractivity contribution in [2.75, 3.05) is 29.5 Å². The lowest BCUT2D eigenvalue weighted by Crippen LogP contribution is -2.39. The van der Waals surface area contributed by atoms with Crippen molar-refractivity contribution >= 4 is 69.6 Å². The van der Waals surface area contributed by atoms with Crippen molar-refractivity contribution in [2.24, 2.45) is 0 Å². The molecule has 1 aliphatic rings. The number of hydrogen-bond donors (Lipinski definition) is 4. The topological polar surface area (TPSA) is 189 Å². The average molecular weight is 684 g/mol. The number of anilines is 2. The first-order valence-corrected chi connectivity index (χ1v) is 16.2. The van der Waals surface area contributed by atoms with Crippen molar-refractivity contribution in [1.82, 2.24) is 4.90 Å². The maximum absolute atomic E-state index is 13.1. The zero-order valence-corrected chi connectivity index (χ0v) is 27.6. The molecule has 0 fully saturated rings. The molecule has 13 nitrogen and oxygen atoms in total. The molecule has 2 heterocycles. The van der Waals surface area contributed by atoms with Crippen LogP contribution in [0.5, 0.6) is 0 Å². The van der Waals surface area contributed by atoms with Gasteiger partial charge in [-0.1, -0.05) is 6.07 Å². The summed E-state index contributed by atoms with van der Waals surface area (Å²) in [4.78, 5) is 77.3. The highest BCUT2D eigenvalue weighted by molar-refractivity contribution is 8.00. The Bertz CT molecular complexity index is 1740. The van der Waals surface area contributed by atoms with Crippen LogP contribution in [0, 0.1) is 0 Å². The smallest absolute Gasteiger partial charge is 0.410 e. The van der Waals surface area contributed by atoms with Gasteiger partial charge in [-0.05, 0) is 76.1 Å². The average Bonchev–Trinajstić information content (AvgIpc) is 3.36. The number of rotatable bonds is 10. The molecule has 0 unspecified atom stereocenters. The van der Waals surface area contributed by atoms with E-state index >= 15 is 0 Å². The quantitative estimate of drug-likeness (QED) is 0.154. The van der Waals surface area contributed by atoms with Crippen LogP contribution in [0.15, 0.2) is 47.4 Å². The minimum Gasteiger partial charge on any atom is -0.478 e. The third-order valence-electron chi connectivity index (χ3n) is 6.64. The Labute approximate surface area is 278 Å². The van der Waals surface area contributed by atoms with E-state index in [1.165, 1.54) is 11.3 Å². The molecule has 3 aromatic rings. The van der Waals surface area contributed by atoms with Crippen LogP contribution in [-0.2, 0) is 27.2 Å². The largest absolute Gasteiger partial charge is 0.478 e. The SMILES string of the molecule is CCOC(=O)c1c(NC(=O)CSc2cccc(NC(=O)c3ccc(C(=O)O)cc3C(=O)O)c2)sc2c1CCN(C(=O)OC(C)(C)C)C2. The van der Waals surface area contributed by atoms with E-state index in [2.05, 4.69) is 10.6 Å². The molecule has 2 aromatic carbocycles. The fourth-order valence-corrected chi connectivity index (χ4v) is 6.64. The molecule has 1 aliphatic heterocycles. The Morgan fingerprint density at radius 2 is 1.72 bits per heavy atom. The van der Waals surface area contributed by atoms with Crippen molar-refractivity contribution in [1.29, 1.82) is 0 Å². The summed E-state index contributed by atoms with van der Waals surface area (Å²) < 4.78 is 10.8. The molecule has 0 aliphatic carbocycles. The molecule has 0 saturated carbocycles. The fourth-order valence-electron chi connectivity index (χ4n) is 4.62. The highest BCUT2D eigenvalue weighted by atomic mass is 32.2. The number of thiophene rings is 1. The van der Waals surface area contributed by atoms with Gasteiger partial charge in [0.15, 0.2) is 0 Å². The maximum Gasteiger partial charge on any atom is 0.410 e. The van der Waals surface area contributed by atoms with Crippen LogP contribution in [0.4, 0.5) is 15.5 Å². The second-order valence-electron chi connectivity index (χ2n) is 11.3. The molecule has 0 atom stereocenters. The van der Waals surface area contributed by atoms with Gasteiger partial charge in [-0.3, -0.25) is 9.59 Å². The summed E-state index contributed by atoms with van der Waals surface area (Å²) in [5, 5.41) is 24.4. The molecule has 4 N–H and O–H groups in total. The highest BCUT2D eigenvalue weighted by Crippen LogP contribution is 2.38. The van der Waals surface area contributed by atoms with E-state index < -0.39 is 47.0 Å². The molecule has 47 heavy (non-hydrogen) atoms. The summed E-state index contributed by atoms with van der Waals surface area (Å²) in [5.74, 6) is -4.54. The van der Waals surface area contributed by atoms with Crippen LogP contribution < -0.4 is 10.6 Å². The molecule has 0 spiro atoms. The van der Waals surface area contributed by atoms with Crippen LogP contribution in [-0.4, -0.2) is 75.4 Å². The number of carbonyl (C=O) groups is 6. The molecule has 0 radical (unpaired) electrons. The third-order valence-corrected chi connectivity index (χ3v) is 8.77. The summed E-state index contributed by atoms with van der Waals surface area (Å²) in [7, 11) is 0. The number of carbonyl (C=O) groups excluding carboxylic acids is 4. The lowest BCUT2D eigenvalue weighted by molar-refractivity contribution is -0.113. The van der Waals surface area contributed by atoms with Gasteiger partial charge in [-0.25, -0.2) is 19.2 Å². The molecule has 3 amide bonds. The van der Waals surface area contributed by atoms with Crippen LogP contribution >= 0.6 is 23.1 Å². The van der Waals surface area contributed by atoms with E-state index in [1.807, 2.05) is 0 Å². The van der Waals surface area contributed by atoms with Gasteiger partial charge in [0, 0.05) is 22.0 Å². The number of carboxylic acids is 2. The molecule has 248 valence electrons. The molecule has 0 saturated heterocycles. The van der Waals surface area contributed by atoms with Crippen molar-refractivity contribution in [2.45, 2.75) is 51.2 Å². The number of esters is 1. The van der Waals surface area contributed by atoms with Gasteiger partial charge in [-0.2, -0.15) is 0 Å². The summed E-state index contributed by atoms with van der Waals surface area (Å²) in [6.07, 6.45) is -0.0759. The lowest BCUT2D eigenvalue weighted by Gasteiger charge is -2.30. The monoisotopic (exact) mass is 683 g/mol. The highest BCUT2D eigenvalue weighted by Gasteiger charge is 2.32. The van der Waals surface area contributed by atoms with Crippen molar-refractivity contribution in [3.05, 3.63) is 75.2 Å². The number of thioether (sulfide) groups is 1. The molecule has 1 aromatic heterocycles. The third kappa shape index (κ3) is 8.89. The Balaban J connectivity index is 1.44. The molecule has 4 rings (SSSR count). The number of hydrogen-bond acceptors (Lipinski definition) is 10. The van der Waals surface area contributed by atoms with Gasteiger partial charge in [-0.15, -0.1) is 23.1 Å². The van der Waals surface area contributed by atoms with Crippen LogP contribution in [0.25, 0.3) is 0 Å². The maximum atomic E-state index is 13.1. The van der Waals surface area contributed by atoms with Crippen molar-refractivity contribution in [3.63, 3.8) is 0 Å². The van der Waals surface area contributed by atoms with Crippen LogP contribution in [0.2, 0.25) is 0 Å². The van der Waals surface area contributed by atoms with E-state index in [4.69, 9.17) is 14.6 Å². The molecular formula is C32H33N3O10S2. The van der Waals surface area contributed by atoms with Gasteiger partial charge in [0.2, 0.25) is 5.91 Å². The fraction of sp³-hybridized carbons (Fsp3) is 0.312. The summed E-state index contributed by atoms with van der Waals surface area (Å²) in [6.45, 7) is 7.74. The van der Waals surface area contributed by atoms with E-state index in [0.29, 0.717) is 28.5 Å². The molecule has 15 heteroatoms. The second kappa shape index (κ2) is 14.7. The zero-order valence-electron chi connectivity index (χ0n) is 26.0. The predicted molar refractivity (Wildman–Crippen MR) is 175 cm³/mol. The first-order chi connectivity index (χ1) is 22.2. The lowest BCUT2D eigenvalue weighted by atomic mass is 10.0. The first kappa shape index (κ1) is 35.0. The number of amides is 3. The summed E-state index contributed by atoms with van der Waals surface area (Å²) in [5.41, 5.74) is -0.284.